The van der Waals surface area contributed by atoms with Gasteiger partial charge in [0.25, 0.3) is 0 Å². The average Bonchev–Trinajstić information content (AvgIpc) is 3.01. The Hall–Kier alpha value is -2.53. The van der Waals surface area contributed by atoms with Crippen molar-refractivity contribution < 1.29 is 9.18 Å². The van der Waals surface area contributed by atoms with Crippen LogP contribution in [0, 0.1) is 26.6 Å². The van der Waals surface area contributed by atoms with Gasteiger partial charge in [0.2, 0.25) is 5.91 Å². The molecule has 25 heavy (non-hydrogen) atoms. The average molecular weight is 354 g/mol. The molecular formula is C20H19FN2OS. The first-order chi connectivity index (χ1) is 11.9. The highest BCUT2D eigenvalue weighted by molar-refractivity contribution is 7.14. The topological polar surface area (TPSA) is 42.0 Å². The molecule has 2 aromatic carbocycles. The SMILES string of the molecule is Cc1cc(C)c(-c2csc(NC(=O)Cc3ccccc3F)n2)cc1C. The Balaban J connectivity index is 1.75. The van der Waals surface area contributed by atoms with Gasteiger partial charge < -0.3 is 5.32 Å². The quantitative estimate of drug-likeness (QED) is 0.712. The number of hydrogen-bond acceptors (Lipinski definition) is 3. The van der Waals surface area contributed by atoms with Gasteiger partial charge in [0.1, 0.15) is 5.82 Å². The molecule has 0 fully saturated rings. The van der Waals surface area contributed by atoms with Crippen LogP contribution in [-0.2, 0) is 11.2 Å². The van der Waals surface area contributed by atoms with E-state index < -0.39 is 0 Å². The number of aryl methyl sites for hydroxylation is 3. The summed E-state index contributed by atoms with van der Waals surface area (Å²) in [7, 11) is 0. The fourth-order valence-electron chi connectivity index (χ4n) is 2.67. The number of thiazole rings is 1. The third-order valence-electron chi connectivity index (χ3n) is 4.18. The minimum Gasteiger partial charge on any atom is -0.302 e. The van der Waals surface area contributed by atoms with E-state index in [9.17, 15) is 9.18 Å². The van der Waals surface area contributed by atoms with E-state index in [2.05, 4.69) is 43.2 Å². The second kappa shape index (κ2) is 7.15. The molecule has 0 radical (unpaired) electrons. The zero-order chi connectivity index (χ0) is 18.0. The van der Waals surface area contributed by atoms with Crippen molar-refractivity contribution in [1.82, 2.24) is 4.98 Å². The summed E-state index contributed by atoms with van der Waals surface area (Å²) in [4.78, 5) is 16.6. The smallest absolute Gasteiger partial charge is 0.230 e. The van der Waals surface area contributed by atoms with E-state index in [-0.39, 0.29) is 18.1 Å². The number of carbonyl (C=O) groups excluding carboxylic acids is 1. The molecule has 0 unspecified atom stereocenters. The van der Waals surface area contributed by atoms with Gasteiger partial charge in [-0.05, 0) is 55.2 Å². The first-order valence-corrected chi connectivity index (χ1v) is 8.89. The summed E-state index contributed by atoms with van der Waals surface area (Å²) < 4.78 is 13.6. The Kier molecular flexibility index (Phi) is 4.95. The maximum Gasteiger partial charge on any atom is 0.230 e. The van der Waals surface area contributed by atoms with Crippen LogP contribution in [0.4, 0.5) is 9.52 Å². The van der Waals surface area contributed by atoms with Crippen molar-refractivity contribution in [2.45, 2.75) is 27.2 Å². The molecule has 1 amide bonds. The lowest BCUT2D eigenvalue weighted by Gasteiger charge is -2.07. The zero-order valence-corrected chi connectivity index (χ0v) is 15.2. The van der Waals surface area contributed by atoms with Gasteiger partial charge in [0, 0.05) is 10.9 Å². The van der Waals surface area contributed by atoms with Crippen molar-refractivity contribution in [3.63, 3.8) is 0 Å². The second-order valence-electron chi connectivity index (χ2n) is 6.11. The summed E-state index contributed by atoms with van der Waals surface area (Å²) in [6.07, 6.45) is -0.00967. The molecule has 128 valence electrons. The lowest BCUT2D eigenvalue weighted by Crippen LogP contribution is -2.15. The fourth-order valence-corrected chi connectivity index (χ4v) is 3.40. The standard InChI is InChI=1S/C20H19FN2OS/c1-12-8-14(3)16(9-13(12)2)18-11-25-20(22-18)23-19(24)10-15-6-4-5-7-17(15)21/h4-9,11H,10H2,1-3H3,(H,22,23,24). The van der Waals surface area contributed by atoms with Gasteiger partial charge in [0.05, 0.1) is 12.1 Å². The molecule has 3 aromatic rings. The van der Waals surface area contributed by atoms with Crippen LogP contribution >= 0.6 is 11.3 Å². The summed E-state index contributed by atoms with van der Waals surface area (Å²) in [5.74, 6) is -0.647. The van der Waals surface area contributed by atoms with Crippen LogP contribution in [0.15, 0.2) is 41.8 Å². The summed E-state index contributed by atoms with van der Waals surface area (Å²) in [6, 6.07) is 10.5. The summed E-state index contributed by atoms with van der Waals surface area (Å²) in [5, 5.41) is 5.20. The van der Waals surface area contributed by atoms with Gasteiger partial charge in [0.15, 0.2) is 5.13 Å². The number of nitrogens with zero attached hydrogens (tertiary/aromatic N) is 1. The Morgan fingerprint density at radius 1 is 1.12 bits per heavy atom. The lowest BCUT2D eigenvalue weighted by atomic mass is 9.99. The van der Waals surface area contributed by atoms with Gasteiger partial charge in [-0.3, -0.25) is 4.79 Å². The maximum absolute atomic E-state index is 13.6. The van der Waals surface area contributed by atoms with Gasteiger partial charge >= 0.3 is 0 Å². The van der Waals surface area contributed by atoms with Crippen molar-refractivity contribution in [1.29, 1.82) is 0 Å². The molecule has 0 atom stereocenters. The molecule has 0 aliphatic carbocycles. The number of amides is 1. The first-order valence-electron chi connectivity index (χ1n) is 8.01. The van der Waals surface area contributed by atoms with Crippen molar-refractivity contribution in [2.75, 3.05) is 5.32 Å². The van der Waals surface area contributed by atoms with Crippen LogP contribution in [-0.4, -0.2) is 10.9 Å². The van der Waals surface area contributed by atoms with Crippen molar-refractivity contribution in [3.05, 3.63) is 69.8 Å². The molecule has 1 heterocycles. The molecule has 0 aliphatic heterocycles. The lowest BCUT2D eigenvalue weighted by molar-refractivity contribution is -0.115. The predicted molar refractivity (Wildman–Crippen MR) is 100 cm³/mol. The normalized spacial score (nSPS) is 10.7. The minimum atomic E-state index is -0.372. The third-order valence-corrected chi connectivity index (χ3v) is 4.93. The van der Waals surface area contributed by atoms with Gasteiger partial charge in [-0.25, -0.2) is 9.37 Å². The van der Waals surface area contributed by atoms with Crippen LogP contribution < -0.4 is 5.32 Å². The fraction of sp³-hybridized carbons (Fsp3) is 0.200. The predicted octanol–water partition coefficient (Wildman–Crippen LogP) is 5.06. The Labute approximate surface area is 150 Å². The highest BCUT2D eigenvalue weighted by atomic mass is 32.1. The molecule has 1 N–H and O–H groups in total. The number of anilines is 1. The van der Waals surface area contributed by atoms with Crippen molar-refractivity contribution >= 4 is 22.4 Å². The van der Waals surface area contributed by atoms with Gasteiger partial charge in [-0.15, -0.1) is 11.3 Å². The number of nitrogens with one attached hydrogen (secondary N) is 1. The number of rotatable bonds is 4. The molecule has 5 heteroatoms. The van der Waals surface area contributed by atoms with E-state index >= 15 is 0 Å². The van der Waals surface area contributed by atoms with E-state index in [0.717, 1.165) is 16.8 Å². The minimum absolute atomic E-state index is 0.00967. The molecule has 0 bridgehead atoms. The largest absolute Gasteiger partial charge is 0.302 e. The first kappa shape index (κ1) is 17.3. The number of aromatic nitrogens is 1. The second-order valence-corrected chi connectivity index (χ2v) is 6.96. The van der Waals surface area contributed by atoms with E-state index in [1.807, 2.05) is 5.38 Å². The molecule has 0 saturated carbocycles. The number of hydrogen-bond donors (Lipinski definition) is 1. The third kappa shape index (κ3) is 3.94. The summed E-state index contributed by atoms with van der Waals surface area (Å²) in [6.45, 7) is 6.21. The summed E-state index contributed by atoms with van der Waals surface area (Å²) in [5.41, 5.74) is 5.88. The van der Waals surface area contributed by atoms with Gasteiger partial charge in [-0.1, -0.05) is 24.3 Å². The molecule has 0 aliphatic rings. The molecular weight excluding hydrogens is 335 g/mol. The van der Waals surface area contributed by atoms with Crippen LogP contribution in [0.1, 0.15) is 22.3 Å². The maximum atomic E-state index is 13.6. The van der Waals surface area contributed by atoms with Crippen LogP contribution in [0.25, 0.3) is 11.3 Å². The number of carbonyl (C=O) groups is 1. The van der Waals surface area contributed by atoms with E-state index in [1.165, 1.54) is 28.5 Å². The highest BCUT2D eigenvalue weighted by Crippen LogP contribution is 2.29. The highest BCUT2D eigenvalue weighted by Gasteiger charge is 2.12. The number of benzene rings is 2. The van der Waals surface area contributed by atoms with Crippen molar-refractivity contribution in [3.8, 4) is 11.3 Å². The molecule has 1 aromatic heterocycles. The van der Waals surface area contributed by atoms with Crippen LogP contribution in [0.3, 0.4) is 0 Å². The van der Waals surface area contributed by atoms with Crippen LogP contribution in [0.5, 0.6) is 0 Å². The Bertz CT molecular complexity index is 933. The monoisotopic (exact) mass is 354 g/mol. The van der Waals surface area contributed by atoms with E-state index in [4.69, 9.17) is 0 Å². The van der Waals surface area contributed by atoms with E-state index in [0.29, 0.717) is 10.7 Å². The van der Waals surface area contributed by atoms with Crippen LogP contribution in [0.2, 0.25) is 0 Å². The van der Waals surface area contributed by atoms with Gasteiger partial charge in [-0.2, -0.15) is 0 Å². The molecule has 0 saturated heterocycles. The number of halogens is 1. The van der Waals surface area contributed by atoms with Crippen molar-refractivity contribution in [2.24, 2.45) is 0 Å². The molecule has 0 spiro atoms. The Morgan fingerprint density at radius 2 is 1.84 bits per heavy atom. The zero-order valence-electron chi connectivity index (χ0n) is 14.4. The Morgan fingerprint density at radius 3 is 2.60 bits per heavy atom. The van der Waals surface area contributed by atoms with E-state index in [1.54, 1.807) is 18.2 Å². The molecule has 3 nitrogen and oxygen atoms in total. The molecule has 3 rings (SSSR count). The summed E-state index contributed by atoms with van der Waals surface area (Å²) >= 11 is 1.37.